The van der Waals surface area contributed by atoms with Gasteiger partial charge >= 0.3 is 6.03 Å². The van der Waals surface area contributed by atoms with Gasteiger partial charge in [-0.2, -0.15) is 0 Å². The summed E-state index contributed by atoms with van der Waals surface area (Å²) < 4.78 is 32.2. The number of carbonyl (C=O) groups is 1. The van der Waals surface area contributed by atoms with Crippen LogP contribution in [0.15, 0.2) is 53.4 Å². The Morgan fingerprint density at radius 2 is 1.83 bits per heavy atom. The van der Waals surface area contributed by atoms with Crippen LogP contribution in [0.1, 0.15) is 5.56 Å². The zero-order valence-electron chi connectivity index (χ0n) is 12.5. The van der Waals surface area contributed by atoms with Crippen molar-refractivity contribution in [1.29, 1.82) is 0 Å². The third kappa shape index (κ3) is 3.14. The SMILES string of the molecule is Cc1ccc(S(=O)(=O)NC(=O)N2CCOc3ccccc32)cc1. The maximum atomic E-state index is 12.4. The van der Waals surface area contributed by atoms with E-state index in [1.54, 1.807) is 36.4 Å². The van der Waals surface area contributed by atoms with Gasteiger partial charge in [0.2, 0.25) is 0 Å². The third-order valence-corrected chi connectivity index (χ3v) is 4.86. The van der Waals surface area contributed by atoms with Gasteiger partial charge in [0, 0.05) is 0 Å². The van der Waals surface area contributed by atoms with Gasteiger partial charge < -0.3 is 4.74 Å². The monoisotopic (exact) mass is 332 g/mol. The summed E-state index contributed by atoms with van der Waals surface area (Å²) in [7, 11) is -3.91. The summed E-state index contributed by atoms with van der Waals surface area (Å²) in [6.07, 6.45) is 0. The molecule has 23 heavy (non-hydrogen) atoms. The lowest BCUT2D eigenvalue weighted by Crippen LogP contribution is -2.46. The topological polar surface area (TPSA) is 75.7 Å². The fourth-order valence-electron chi connectivity index (χ4n) is 2.33. The number of fused-ring (bicyclic) bond motifs is 1. The first-order valence-corrected chi connectivity index (χ1v) is 8.58. The van der Waals surface area contributed by atoms with E-state index in [0.29, 0.717) is 18.0 Å². The lowest BCUT2D eigenvalue weighted by Gasteiger charge is -2.29. The van der Waals surface area contributed by atoms with E-state index in [9.17, 15) is 13.2 Å². The van der Waals surface area contributed by atoms with Crippen molar-refractivity contribution in [2.45, 2.75) is 11.8 Å². The fourth-order valence-corrected chi connectivity index (χ4v) is 3.28. The zero-order chi connectivity index (χ0) is 16.4. The molecule has 1 heterocycles. The van der Waals surface area contributed by atoms with Crippen LogP contribution >= 0.6 is 0 Å². The largest absolute Gasteiger partial charge is 0.490 e. The highest BCUT2D eigenvalue weighted by Gasteiger charge is 2.27. The van der Waals surface area contributed by atoms with Crippen molar-refractivity contribution in [3.8, 4) is 5.75 Å². The fraction of sp³-hybridized carbons (Fsp3) is 0.188. The van der Waals surface area contributed by atoms with E-state index in [1.165, 1.54) is 17.0 Å². The number of sulfonamides is 1. The average molecular weight is 332 g/mol. The number of urea groups is 1. The summed E-state index contributed by atoms with van der Waals surface area (Å²) in [5, 5.41) is 0. The number of hydrogen-bond donors (Lipinski definition) is 1. The predicted molar refractivity (Wildman–Crippen MR) is 86.2 cm³/mol. The van der Waals surface area contributed by atoms with Gasteiger partial charge in [0.05, 0.1) is 17.1 Å². The molecule has 0 saturated heterocycles. The highest BCUT2D eigenvalue weighted by molar-refractivity contribution is 7.90. The van der Waals surface area contributed by atoms with Gasteiger partial charge in [-0.25, -0.2) is 17.9 Å². The van der Waals surface area contributed by atoms with Crippen molar-refractivity contribution in [3.05, 3.63) is 54.1 Å². The molecule has 0 aromatic heterocycles. The zero-order valence-corrected chi connectivity index (χ0v) is 13.3. The van der Waals surface area contributed by atoms with E-state index in [4.69, 9.17) is 4.74 Å². The number of rotatable bonds is 2. The molecule has 0 radical (unpaired) electrons. The first kappa shape index (κ1) is 15.4. The molecule has 1 aliphatic rings. The number of anilines is 1. The Labute approximate surface area is 134 Å². The Bertz CT molecular complexity index is 831. The molecule has 7 heteroatoms. The molecule has 0 aliphatic carbocycles. The van der Waals surface area contributed by atoms with Gasteiger partial charge in [0.1, 0.15) is 12.4 Å². The number of para-hydroxylation sites is 2. The minimum absolute atomic E-state index is 0.0537. The smallest absolute Gasteiger partial charge is 0.336 e. The van der Waals surface area contributed by atoms with Crippen molar-refractivity contribution in [1.82, 2.24) is 4.72 Å². The van der Waals surface area contributed by atoms with Crippen LogP contribution in [-0.4, -0.2) is 27.6 Å². The van der Waals surface area contributed by atoms with E-state index in [0.717, 1.165) is 5.56 Å². The quantitative estimate of drug-likeness (QED) is 0.915. The van der Waals surface area contributed by atoms with Crippen LogP contribution < -0.4 is 14.4 Å². The number of nitrogens with one attached hydrogen (secondary N) is 1. The molecule has 2 aromatic rings. The molecule has 0 atom stereocenters. The lowest BCUT2D eigenvalue weighted by atomic mass is 10.2. The molecule has 3 rings (SSSR count). The van der Waals surface area contributed by atoms with Crippen LogP contribution in [0.2, 0.25) is 0 Å². The normalized spacial score (nSPS) is 13.9. The lowest BCUT2D eigenvalue weighted by molar-refractivity contribution is 0.244. The van der Waals surface area contributed by atoms with Crippen LogP contribution in [-0.2, 0) is 10.0 Å². The highest BCUT2D eigenvalue weighted by atomic mass is 32.2. The minimum Gasteiger partial charge on any atom is -0.490 e. The van der Waals surface area contributed by atoms with Crippen molar-refractivity contribution in [3.63, 3.8) is 0 Å². The number of hydrogen-bond acceptors (Lipinski definition) is 4. The van der Waals surface area contributed by atoms with E-state index >= 15 is 0 Å². The molecule has 0 spiro atoms. The second kappa shape index (κ2) is 5.92. The number of ether oxygens (including phenoxy) is 1. The Balaban J connectivity index is 1.84. The Morgan fingerprint density at radius 1 is 1.13 bits per heavy atom. The summed E-state index contributed by atoms with van der Waals surface area (Å²) in [5.41, 5.74) is 1.49. The van der Waals surface area contributed by atoms with E-state index in [1.807, 2.05) is 6.92 Å². The molecule has 1 N–H and O–H groups in total. The Hall–Kier alpha value is -2.54. The molecular formula is C16H16N2O4S. The predicted octanol–water partition coefficient (Wildman–Crippen LogP) is 2.29. The Kier molecular flexibility index (Phi) is 3.96. The van der Waals surface area contributed by atoms with Crippen LogP contribution in [0.4, 0.5) is 10.5 Å². The summed E-state index contributed by atoms with van der Waals surface area (Å²) in [6, 6.07) is 12.6. The van der Waals surface area contributed by atoms with Crippen molar-refractivity contribution < 1.29 is 17.9 Å². The third-order valence-electron chi connectivity index (χ3n) is 3.53. The summed E-state index contributed by atoms with van der Waals surface area (Å²) in [4.78, 5) is 13.8. The molecule has 120 valence electrons. The second-order valence-corrected chi connectivity index (χ2v) is 6.87. The van der Waals surface area contributed by atoms with Crippen LogP contribution in [0, 0.1) is 6.92 Å². The minimum atomic E-state index is -3.91. The standard InChI is InChI=1S/C16H16N2O4S/c1-12-6-8-13(9-7-12)23(20,21)17-16(19)18-10-11-22-15-5-3-2-4-14(15)18/h2-9H,10-11H2,1H3,(H,17,19). The first-order chi connectivity index (χ1) is 11.0. The van der Waals surface area contributed by atoms with Gasteiger partial charge in [0.25, 0.3) is 10.0 Å². The number of aryl methyl sites for hydroxylation is 1. The number of amides is 2. The maximum absolute atomic E-state index is 12.4. The summed E-state index contributed by atoms with van der Waals surface area (Å²) in [6.45, 7) is 2.46. The Morgan fingerprint density at radius 3 is 2.57 bits per heavy atom. The van der Waals surface area contributed by atoms with Crippen molar-refractivity contribution in [2.24, 2.45) is 0 Å². The molecule has 0 bridgehead atoms. The number of nitrogens with zero attached hydrogens (tertiary/aromatic N) is 1. The molecule has 0 saturated carbocycles. The molecule has 2 amide bonds. The summed E-state index contributed by atoms with van der Waals surface area (Å²) in [5.74, 6) is 0.557. The number of benzene rings is 2. The molecule has 1 aliphatic heterocycles. The van der Waals surface area contributed by atoms with Crippen LogP contribution in [0.3, 0.4) is 0 Å². The molecule has 0 fully saturated rings. The second-order valence-electron chi connectivity index (χ2n) is 5.19. The van der Waals surface area contributed by atoms with E-state index in [-0.39, 0.29) is 11.4 Å². The first-order valence-electron chi connectivity index (χ1n) is 7.10. The van der Waals surface area contributed by atoms with Gasteiger partial charge in [-0.05, 0) is 31.2 Å². The van der Waals surface area contributed by atoms with Crippen molar-refractivity contribution >= 4 is 21.7 Å². The van der Waals surface area contributed by atoms with Gasteiger partial charge in [0.15, 0.2) is 0 Å². The highest BCUT2D eigenvalue weighted by Crippen LogP contribution is 2.31. The van der Waals surface area contributed by atoms with Gasteiger partial charge in [-0.15, -0.1) is 0 Å². The summed E-state index contributed by atoms with van der Waals surface area (Å²) >= 11 is 0. The maximum Gasteiger partial charge on any atom is 0.336 e. The van der Waals surface area contributed by atoms with Gasteiger partial charge in [-0.3, -0.25) is 4.90 Å². The average Bonchev–Trinajstić information content (AvgIpc) is 2.54. The molecule has 2 aromatic carbocycles. The van der Waals surface area contributed by atoms with Crippen LogP contribution in [0.25, 0.3) is 0 Å². The van der Waals surface area contributed by atoms with Gasteiger partial charge in [-0.1, -0.05) is 29.8 Å². The molecular weight excluding hydrogens is 316 g/mol. The molecule has 0 unspecified atom stereocenters. The van der Waals surface area contributed by atoms with Crippen molar-refractivity contribution in [2.75, 3.05) is 18.1 Å². The van der Waals surface area contributed by atoms with Crippen LogP contribution in [0.5, 0.6) is 5.75 Å². The van der Waals surface area contributed by atoms with E-state index in [2.05, 4.69) is 4.72 Å². The molecule has 6 nitrogen and oxygen atoms in total. The van der Waals surface area contributed by atoms with E-state index < -0.39 is 16.1 Å². The number of carbonyl (C=O) groups excluding carboxylic acids is 1.